The number of hydrogen-bond donors (Lipinski definition) is 0. The number of benzene rings is 2. The van der Waals surface area contributed by atoms with Gasteiger partial charge < -0.3 is 4.90 Å². The third-order valence-electron chi connectivity index (χ3n) is 4.99. The first-order valence-corrected chi connectivity index (χ1v) is 8.52. The Bertz CT molecular complexity index is 983. The van der Waals surface area contributed by atoms with E-state index >= 15 is 0 Å². The van der Waals surface area contributed by atoms with Crippen molar-refractivity contribution >= 4 is 22.5 Å². The summed E-state index contributed by atoms with van der Waals surface area (Å²) in [5.41, 5.74) is 3.95. The van der Waals surface area contributed by atoms with Gasteiger partial charge in [-0.1, -0.05) is 25.1 Å². The highest BCUT2D eigenvalue weighted by atomic mass is 19.1. The van der Waals surface area contributed by atoms with Crippen molar-refractivity contribution in [3.05, 3.63) is 71.2 Å². The number of amides is 1. The number of halogens is 1. The van der Waals surface area contributed by atoms with Crippen LogP contribution in [0.25, 0.3) is 10.9 Å². The van der Waals surface area contributed by atoms with E-state index in [9.17, 15) is 9.18 Å². The fourth-order valence-electron chi connectivity index (χ4n) is 3.56. The normalized spacial score (nSPS) is 16.8. The zero-order valence-electron chi connectivity index (χ0n) is 14.3. The van der Waals surface area contributed by atoms with E-state index in [-0.39, 0.29) is 11.7 Å². The molecule has 0 aliphatic carbocycles. The summed E-state index contributed by atoms with van der Waals surface area (Å²) >= 11 is 0. The predicted octanol–water partition coefficient (Wildman–Crippen LogP) is 4.84. The lowest BCUT2D eigenvalue weighted by molar-refractivity contribution is 0.0983. The number of anilines is 1. The maximum absolute atomic E-state index is 13.4. The Kier molecular flexibility index (Phi) is 3.75. The van der Waals surface area contributed by atoms with Gasteiger partial charge in [0.25, 0.3) is 5.91 Å². The molecule has 0 N–H and O–H groups in total. The van der Waals surface area contributed by atoms with Crippen molar-refractivity contribution in [3.8, 4) is 0 Å². The SMILES string of the molecule is Cc1nc2cc(F)ccc2cc1C(=O)N1CCC(C)c2ccccc21. The molecule has 1 aromatic heterocycles. The lowest BCUT2D eigenvalue weighted by atomic mass is 9.91. The van der Waals surface area contributed by atoms with E-state index < -0.39 is 0 Å². The molecule has 1 amide bonds. The first-order chi connectivity index (χ1) is 12.0. The molecular formula is C21H19FN2O. The van der Waals surface area contributed by atoms with Gasteiger partial charge in [0.2, 0.25) is 0 Å². The van der Waals surface area contributed by atoms with E-state index in [1.807, 2.05) is 29.2 Å². The van der Waals surface area contributed by atoms with Gasteiger partial charge in [0.05, 0.1) is 16.8 Å². The van der Waals surface area contributed by atoms with E-state index in [0.29, 0.717) is 29.2 Å². The van der Waals surface area contributed by atoms with Crippen molar-refractivity contribution in [2.45, 2.75) is 26.2 Å². The van der Waals surface area contributed by atoms with E-state index in [1.54, 1.807) is 13.0 Å². The summed E-state index contributed by atoms with van der Waals surface area (Å²) in [4.78, 5) is 19.5. The molecule has 25 heavy (non-hydrogen) atoms. The average Bonchev–Trinajstić information content (AvgIpc) is 2.61. The lowest BCUT2D eigenvalue weighted by Gasteiger charge is -2.33. The number of fused-ring (bicyclic) bond motifs is 2. The topological polar surface area (TPSA) is 33.2 Å². The fraction of sp³-hybridized carbons (Fsp3) is 0.238. The van der Waals surface area contributed by atoms with E-state index in [2.05, 4.69) is 18.0 Å². The molecular weight excluding hydrogens is 315 g/mol. The first kappa shape index (κ1) is 15.8. The Labute approximate surface area is 146 Å². The summed E-state index contributed by atoms with van der Waals surface area (Å²) < 4.78 is 13.4. The second kappa shape index (κ2) is 5.96. The van der Waals surface area contributed by atoms with Crippen molar-refractivity contribution in [2.75, 3.05) is 11.4 Å². The molecule has 1 atom stereocenters. The van der Waals surface area contributed by atoms with Gasteiger partial charge in [-0.3, -0.25) is 9.78 Å². The molecule has 0 spiro atoms. The Morgan fingerprint density at radius 1 is 1.20 bits per heavy atom. The lowest BCUT2D eigenvalue weighted by Crippen LogP contribution is -2.36. The smallest absolute Gasteiger partial charge is 0.260 e. The number of aromatic nitrogens is 1. The third-order valence-corrected chi connectivity index (χ3v) is 4.99. The molecule has 4 rings (SSSR count). The number of rotatable bonds is 1. The summed E-state index contributed by atoms with van der Waals surface area (Å²) in [5.74, 6) is 0.0760. The maximum atomic E-state index is 13.4. The van der Waals surface area contributed by atoms with Gasteiger partial charge in [0, 0.05) is 23.7 Å². The van der Waals surface area contributed by atoms with Crippen LogP contribution >= 0.6 is 0 Å². The second-order valence-corrected chi connectivity index (χ2v) is 6.66. The summed E-state index contributed by atoms with van der Waals surface area (Å²) in [6.07, 6.45) is 0.939. The highest BCUT2D eigenvalue weighted by Gasteiger charge is 2.28. The van der Waals surface area contributed by atoms with E-state index in [4.69, 9.17) is 0 Å². The van der Waals surface area contributed by atoms with Crippen molar-refractivity contribution in [3.63, 3.8) is 0 Å². The van der Waals surface area contributed by atoms with Gasteiger partial charge in [0.1, 0.15) is 5.82 Å². The second-order valence-electron chi connectivity index (χ2n) is 6.66. The molecule has 126 valence electrons. The number of nitrogens with zero attached hydrogens (tertiary/aromatic N) is 2. The highest BCUT2D eigenvalue weighted by Crippen LogP contribution is 2.35. The van der Waals surface area contributed by atoms with Crippen LogP contribution in [0.5, 0.6) is 0 Å². The maximum Gasteiger partial charge on any atom is 0.260 e. The minimum atomic E-state index is -0.322. The predicted molar refractivity (Wildman–Crippen MR) is 97.6 cm³/mol. The molecule has 4 heteroatoms. The standard InChI is InChI=1S/C21H19FN2O/c1-13-9-10-24(20-6-4-3-5-17(13)20)21(25)18-11-15-7-8-16(22)12-19(15)23-14(18)2/h3-8,11-13H,9-10H2,1-2H3. The number of hydrogen-bond acceptors (Lipinski definition) is 2. The molecule has 0 fully saturated rings. The number of carbonyl (C=O) groups excluding carboxylic acids is 1. The van der Waals surface area contributed by atoms with Gasteiger partial charge in [0.15, 0.2) is 0 Å². The minimum absolute atomic E-state index is 0.0458. The van der Waals surface area contributed by atoms with Gasteiger partial charge in [-0.25, -0.2) is 4.39 Å². The Hall–Kier alpha value is -2.75. The summed E-state index contributed by atoms with van der Waals surface area (Å²) in [6.45, 7) is 4.69. The molecule has 0 saturated heterocycles. The van der Waals surface area contributed by atoms with Crippen LogP contribution in [-0.4, -0.2) is 17.4 Å². The van der Waals surface area contributed by atoms with E-state index in [1.165, 1.54) is 17.7 Å². The zero-order valence-corrected chi connectivity index (χ0v) is 14.3. The molecule has 0 radical (unpaired) electrons. The van der Waals surface area contributed by atoms with Crippen molar-refractivity contribution in [1.29, 1.82) is 0 Å². The quantitative estimate of drug-likeness (QED) is 0.638. The van der Waals surface area contributed by atoms with Gasteiger partial charge in [-0.2, -0.15) is 0 Å². The monoisotopic (exact) mass is 334 g/mol. The van der Waals surface area contributed by atoms with Crippen LogP contribution in [-0.2, 0) is 0 Å². The minimum Gasteiger partial charge on any atom is -0.308 e. The number of aryl methyl sites for hydroxylation is 1. The van der Waals surface area contributed by atoms with Crippen molar-refractivity contribution < 1.29 is 9.18 Å². The molecule has 1 unspecified atom stereocenters. The molecule has 2 heterocycles. The molecule has 1 aliphatic heterocycles. The summed E-state index contributed by atoms with van der Waals surface area (Å²) in [7, 11) is 0. The van der Waals surface area contributed by atoms with Crippen LogP contribution in [0.15, 0.2) is 48.5 Å². The molecule has 3 nitrogen and oxygen atoms in total. The summed E-state index contributed by atoms with van der Waals surface area (Å²) in [6, 6.07) is 14.3. The number of carbonyl (C=O) groups is 1. The summed E-state index contributed by atoms with van der Waals surface area (Å²) in [5, 5.41) is 0.772. The molecule has 1 aliphatic rings. The zero-order chi connectivity index (χ0) is 17.6. The largest absolute Gasteiger partial charge is 0.308 e. The third kappa shape index (κ3) is 2.68. The average molecular weight is 334 g/mol. The number of pyridine rings is 1. The molecule has 2 aromatic carbocycles. The van der Waals surface area contributed by atoms with Gasteiger partial charge in [-0.15, -0.1) is 0 Å². The van der Waals surface area contributed by atoms with Gasteiger partial charge in [-0.05, 0) is 49.1 Å². The van der Waals surface area contributed by atoms with Crippen LogP contribution in [0, 0.1) is 12.7 Å². The van der Waals surface area contributed by atoms with Crippen molar-refractivity contribution in [1.82, 2.24) is 4.98 Å². The van der Waals surface area contributed by atoms with Crippen molar-refractivity contribution in [2.24, 2.45) is 0 Å². The molecule has 0 bridgehead atoms. The number of para-hydroxylation sites is 1. The van der Waals surface area contributed by atoms with E-state index in [0.717, 1.165) is 17.5 Å². The van der Waals surface area contributed by atoms with Crippen LogP contribution in [0.3, 0.4) is 0 Å². The van der Waals surface area contributed by atoms with Crippen LogP contribution < -0.4 is 4.90 Å². The molecule has 3 aromatic rings. The Morgan fingerprint density at radius 2 is 2.00 bits per heavy atom. The fourth-order valence-corrected chi connectivity index (χ4v) is 3.56. The van der Waals surface area contributed by atoms with Crippen LogP contribution in [0.2, 0.25) is 0 Å². The molecule has 0 saturated carbocycles. The van der Waals surface area contributed by atoms with Crippen LogP contribution in [0.1, 0.15) is 40.9 Å². The van der Waals surface area contributed by atoms with Crippen LogP contribution in [0.4, 0.5) is 10.1 Å². The Balaban J connectivity index is 1.79. The highest BCUT2D eigenvalue weighted by molar-refractivity contribution is 6.09. The Morgan fingerprint density at radius 3 is 2.84 bits per heavy atom. The van der Waals surface area contributed by atoms with Gasteiger partial charge >= 0.3 is 0 Å². The first-order valence-electron chi connectivity index (χ1n) is 8.52.